The summed E-state index contributed by atoms with van der Waals surface area (Å²) in [6.07, 6.45) is 1.89. The van der Waals surface area contributed by atoms with Crippen LogP contribution in [0.1, 0.15) is 15.9 Å². The summed E-state index contributed by atoms with van der Waals surface area (Å²) in [4.78, 5) is 17.8. The van der Waals surface area contributed by atoms with Gasteiger partial charge in [-0.2, -0.15) is 0 Å². The van der Waals surface area contributed by atoms with Crippen molar-refractivity contribution in [2.45, 2.75) is 4.90 Å². The molecule has 0 fully saturated rings. The van der Waals surface area contributed by atoms with E-state index in [0.717, 1.165) is 4.90 Å². The number of rotatable bonds is 5. The normalized spacial score (nSPS) is 11.1. The standard InChI is InChI=1S/C16H16N2O3S/c1-20-12-7-5-6-11(10-12)15(17)18-21-16(19)13-8-3-4-9-14(13)22-2/h3-10H,1-2H3,(H2,17,18). The molecule has 0 aliphatic rings. The van der Waals surface area contributed by atoms with Crippen molar-refractivity contribution in [1.82, 2.24) is 0 Å². The van der Waals surface area contributed by atoms with Crippen LogP contribution in [0.25, 0.3) is 0 Å². The van der Waals surface area contributed by atoms with Crippen LogP contribution in [0, 0.1) is 0 Å². The summed E-state index contributed by atoms with van der Waals surface area (Å²) in [7, 11) is 1.56. The van der Waals surface area contributed by atoms with Gasteiger partial charge in [-0.15, -0.1) is 11.8 Å². The van der Waals surface area contributed by atoms with Crippen molar-refractivity contribution in [3.63, 3.8) is 0 Å². The zero-order chi connectivity index (χ0) is 15.9. The Hall–Kier alpha value is -2.47. The average molecular weight is 316 g/mol. The molecule has 0 saturated carbocycles. The summed E-state index contributed by atoms with van der Waals surface area (Å²) in [6.45, 7) is 0. The first kappa shape index (κ1) is 15.9. The molecule has 0 aliphatic heterocycles. The first-order chi connectivity index (χ1) is 10.7. The zero-order valence-electron chi connectivity index (χ0n) is 12.3. The number of nitrogens with two attached hydrogens (primary N) is 1. The maximum Gasteiger partial charge on any atom is 0.366 e. The van der Waals surface area contributed by atoms with Crippen LogP contribution in [0.2, 0.25) is 0 Å². The Bertz CT molecular complexity index is 701. The minimum absolute atomic E-state index is 0.105. The van der Waals surface area contributed by atoms with Gasteiger partial charge >= 0.3 is 5.97 Å². The molecular weight excluding hydrogens is 300 g/mol. The van der Waals surface area contributed by atoms with Crippen LogP contribution >= 0.6 is 11.8 Å². The summed E-state index contributed by atoms with van der Waals surface area (Å²) in [6, 6.07) is 14.2. The molecule has 22 heavy (non-hydrogen) atoms. The molecule has 0 unspecified atom stereocenters. The fourth-order valence-corrected chi connectivity index (χ4v) is 2.37. The molecule has 2 aromatic carbocycles. The van der Waals surface area contributed by atoms with Crippen LogP contribution in [0.5, 0.6) is 5.75 Å². The topological polar surface area (TPSA) is 73.9 Å². The van der Waals surface area contributed by atoms with Gasteiger partial charge in [-0.1, -0.05) is 29.4 Å². The lowest BCUT2D eigenvalue weighted by molar-refractivity contribution is 0.0512. The van der Waals surface area contributed by atoms with Crippen LogP contribution < -0.4 is 10.5 Å². The zero-order valence-corrected chi connectivity index (χ0v) is 13.1. The second-order valence-corrected chi connectivity index (χ2v) is 5.14. The number of oxime groups is 1. The van der Waals surface area contributed by atoms with E-state index in [2.05, 4.69) is 5.16 Å². The Morgan fingerprint density at radius 3 is 2.68 bits per heavy atom. The van der Waals surface area contributed by atoms with Gasteiger partial charge < -0.3 is 15.3 Å². The molecular formula is C16H16N2O3S. The predicted octanol–water partition coefficient (Wildman–Crippen LogP) is 2.89. The SMILES string of the molecule is COc1cccc(/C(N)=N\OC(=O)c2ccccc2SC)c1. The van der Waals surface area contributed by atoms with Gasteiger partial charge in [-0.05, 0) is 30.5 Å². The summed E-state index contributed by atoms with van der Waals surface area (Å²) in [5, 5.41) is 3.70. The lowest BCUT2D eigenvalue weighted by atomic mass is 10.2. The fourth-order valence-electron chi connectivity index (χ4n) is 1.79. The second kappa shape index (κ2) is 7.51. The summed E-state index contributed by atoms with van der Waals surface area (Å²) >= 11 is 1.46. The maximum atomic E-state index is 12.1. The van der Waals surface area contributed by atoms with Crippen molar-refractivity contribution < 1.29 is 14.4 Å². The molecule has 6 heteroatoms. The Balaban J connectivity index is 2.14. The molecule has 0 atom stereocenters. The number of methoxy groups -OCH3 is 1. The molecule has 5 nitrogen and oxygen atoms in total. The highest BCUT2D eigenvalue weighted by Crippen LogP contribution is 2.20. The number of ether oxygens (including phenoxy) is 1. The highest BCUT2D eigenvalue weighted by molar-refractivity contribution is 7.98. The van der Waals surface area contributed by atoms with Gasteiger partial charge in [0.2, 0.25) is 0 Å². The first-order valence-corrected chi connectivity index (χ1v) is 7.70. The first-order valence-electron chi connectivity index (χ1n) is 6.48. The van der Waals surface area contributed by atoms with Crippen molar-refractivity contribution >= 4 is 23.6 Å². The minimum Gasteiger partial charge on any atom is -0.497 e. The van der Waals surface area contributed by atoms with Gasteiger partial charge in [0.05, 0.1) is 12.7 Å². The molecule has 0 amide bonds. The quantitative estimate of drug-likeness (QED) is 0.302. The molecule has 0 aliphatic carbocycles. The number of benzene rings is 2. The molecule has 0 heterocycles. The van der Waals surface area contributed by atoms with Gasteiger partial charge in [-0.25, -0.2) is 4.79 Å². The lowest BCUT2D eigenvalue weighted by Crippen LogP contribution is -2.15. The van der Waals surface area contributed by atoms with Crippen molar-refractivity contribution in [2.24, 2.45) is 10.9 Å². The monoisotopic (exact) mass is 316 g/mol. The number of thioether (sulfide) groups is 1. The van der Waals surface area contributed by atoms with Crippen molar-refractivity contribution in [3.05, 3.63) is 59.7 Å². The van der Waals surface area contributed by atoms with E-state index in [4.69, 9.17) is 15.3 Å². The number of amidine groups is 1. The van der Waals surface area contributed by atoms with E-state index in [1.54, 1.807) is 43.5 Å². The fraction of sp³-hybridized carbons (Fsp3) is 0.125. The van der Waals surface area contributed by atoms with E-state index >= 15 is 0 Å². The smallest absolute Gasteiger partial charge is 0.366 e. The van der Waals surface area contributed by atoms with Crippen LogP contribution in [0.3, 0.4) is 0 Å². The maximum absolute atomic E-state index is 12.1. The lowest BCUT2D eigenvalue weighted by Gasteiger charge is -2.05. The van der Waals surface area contributed by atoms with Crippen LogP contribution in [-0.4, -0.2) is 25.2 Å². The van der Waals surface area contributed by atoms with Crippen LogP contribution in [0.15, 0.2) is 58.6 Å². The average Bonchev–Trinajstić information content (AvgIpc) is 2.59. The number of hydrogen-bond donors (Lipinski definition) is 1. The number of hydrogen-bond acceptors (Lipinski definition) is 5. The summed E-state index contributed by atoms with van der Waals surface area (Å²) < 4.78 is 5.11. The van der Waals surface area contributed by atoms with Gasteiger partial charge in [0.15, 0.2) is 5.84 Å². The Morgan fingerprint density at radius 1 is 1.18 bits per heavy atom. The second-order valence-electron chi connectivity index (χ2n) is 4.29. The van der Waals surface area contributed by atoms with Crippen molar-refractivity contribution in [2.75, 3.05) is 13.4 Å². The molecule has 0 aromatic heterocycles. The van der Waals surface area contributed by atoms with E-state index < -0.39 is 5.97 Å². The predicted molar refractivity (Wildman–Crippen MR) is 87.4 cm³/mol. The number of nitrogens with zero attached hydrogens (tertiary/aromatic N) is 1. The molecule has 0 spiro atoms. The van der Waals surface area contributed by atoms with Gasteiger partial charge in [0.25, 0.3) is 0 Å². The molecule has 2 rings (SSSR count). The third kappa shape index (κ3) is 3.79. The molecule has 2 aromatic rings. The van der Waals surface area contributed by atoms with Gasteiger partial charge in [0, 0.05) is 10.5 Å². The van der Waals surface area contributed by atoms with Gasteiger partial charge in [-0.3, -0.25) is 0 Å². The van der Waals surface area contributed by atoms with E-state index in [1.807, 2.05) is 18.4 Å². The Kier molecular flexibility index (Phi) is 5.43. The largest absolute Gasteiger partial charge is 0.497 e. The third-order valence-corrected chi connectivity index (χ3v) is 3.72. The summed E-state index contributed by atoms with van der Waals surface area (Å²) in [5.74, 6) is 0.208. The Morgan fingerprint density at radius 2 is 1.95 bits per heavy atom. The van der Waals surface area contributed by atoms with Crippen LogP contribution in [-0.2, 0) is 4.84 Å². The minimum atomic E-state index is -0.546. The Labute approximate surface area is 133 Å². The molecule has 114 valence electrons. The molecule has 0 radical (unpaired) electrons. The number of carbonyl (C=O) groups excluding carboxylic acids is 1. The highest BCUT2D eigenvalue weighted by atomic mass is 32.2. The van der Waals surface area contributed by atoms with E-state index in [9.17, 15) is 4.79 Å². The van der Waals surface area contributed by atoms with Gasteiger partial charge in [0.1, 0.15) is 5.75 Å². The third-order valence-electron chi connectivity index (χ3n) is 2.92. The number of carbonyl (C=O) groups is 1. The van der Waals surface area contributed by atoms with Crippen molar-refractivity contribution in [3.8, 4) is 5.75 Å². The highest BCUT2D eigenvalue weighted by Gasteiger charge is 2.12. The summed E-state index contributed by atoms with van der Waals surface area (Å²) in [5.41, 5.74) is 6.90. The van der Waals surface area contributed by atoms with Crippen molar-refractivity contribution in [1.29, 1.82) is 0 Å². The van der Waals surface area contributed by atoms with E-state index in [0.29, 0.717) is 16.9 Å². The van der Waals surface area contributed by atoms with Crippen LogP contribution in [0.4, 0.5) is 0 Å². The molecule has 2 N–H and O–H groups in total. The van der Waals surface area contributed by atoms with E-state index in [-0.39, 0.29) is 5.84 Å². The van der Waals surface area contributed by atoms with E-state index in [1.165, 1.54) is 11.8 Å². The molecule has 0 bridgehead atoms. The molecule has 0 saturated heterocycles.